The summed E-state index contributed by atoms with van der Waals surface area (Å²) in [5.41, 5.74) is 7.61. The summed E-state index contributed by atoms with van der Waals surface area (Å²) in [5.74, 6) is 17.6. The Balaban J connectivity index is 0.000000146. The first-order chi connectivity index (χ1) is 41.5. The van der Waals surface area contributed by atoms with Gasteiger partial charge in [-0.05, 0) is 317 Å². The minimum absolute atomic E-state index is 0.0790. The first-order valence-electron chi connectivity index (χ1n) is 39.0. The lowest BCUT2D eigenvalue weighted by atomic mass is 9.47. The predicted molar refractivity (Wildman–Crippen MR) is 375 cm³/mol. The lowest BCUT2D eigenvalue weighted by Crippen LogP contribution is -2.50. The van der Waals surface area contributed by atoms with E-state index in [0.717, 1.165) is 145 Å². The van der Waals surface area contributed by atoms with Gasteiger partial charge in [0.05, 0.1) is 18.3 Å². The molecule has 0 aliphatic heterocycles. The normalized spacial score (nSPS) is 46.3. The summed E-state index contributed by atoms with van der Waals surface area (Å²) in [6.45, 7) is 44.6. The van der Waals surface area contributed by atoms with Crippen LogP contribution in [0.25, 0.3) is 0 Å². The highest BCUT2D eigenvalue weighted by Gasteiger charge is 2.62. The van der Waals surface area contributed by atoms with E-state index in [1.165, 1.54) is 135 Å². The summed E-state index contributed by atoms with van der Waals surface area (Å²) in [5, 5.41) is 30.7. The molecule has 12 aliphatic rings. The zero-order valence-corrected chi connectivity index (χ0v) is 60.8. The van der Waals surface area contributed by atoms with Gasteiger partial charge in [-0.2, -0.15) is 0 Å². The average molecular weight is 1210 g/mol. The monoisotopic (exact) mass is 1210 g/mol. The standard InChI is InChI=1S/C29H48O.C28H48O.C28H46O/c1-7-21(19(2)3)9-8-20(4)25-12-13-26-24-11-10-22-18-23(30)14-16-28(22,5)27(24)15-17-29(25,26)6;2*1-18(2)19(3)7-8-20(4)24-11-12-25-23-10-9-21-17-22(29)13-15-27(21,5)26(23)14-16-28(24,25)6/h8-10,19-21,23-27,30H,7,11-18H2,1-6H3;9,18-20,22-26,29H,7-8,10-17H2,1-6H3;7-9,18-20,22-26,29H,10-17H2,1-6H3/b9-8+;;8-7+. The second-order valence-electron chi connectivity index (χ2n) is 37.3. The van der Waals surface area contributed by atoms with Gasteiger partial charge in [-0.1, -0.05) is 197 Å². The van der Waals surface area contributed by atoms with Crippen LogP contribution in [0.4, 0.5) is 0 Å². The van der Waals surface area contributed by atoms with Gasteiger partial charge >= 0.3 is 0 Å². The van der Waals surface area contributed by atoms with Gasteiger partial charge in [0.1, 0.15) is 0 Å². The van der Waals surface area contributed by atoms with Gasteiger partial charge in [-0.15, -0.1) is 0 Å². The fraction of sp³-hybridized carbons (Fsp3) is 0.882. The lowest BCUT2D eigenvalue weighted by Gasteiger charge is -2.58. The van der Waals surface area contributed by atoms with Crippen molar-refractivity contribution >= 4 is 0 Å². The van der Waals surface area contributed by atoms with Gasteiger partial charge < -0.3 is 15.3 Å². The van der Waals surface area contributed by atoms with Gasteiger partial charge in [0, 0.05) is 0 Å². The molecule has 0 amide bonds. The quantitative estimate of drug-likeness (QED) is 0.152. The molecule has 0 saturated heterocycles. The molecule has 500 valence electrons. The SMILES string of the molecule is CC(C)C(C)/C=C/C(C)C1CCC2C3CC=C4CC(O)CCC4(C)C3CCC12C.CC(C)C(C)CCC(C)C1CCC2C3CC=C4CC(O)CCC4(C)C3CCC12C.CCC(/C=C/C(C)C1CCC2C3CC=C4CC(O)CCC4(C)C3CCC12C)C(C)C. The van der Waals surface area contributed by atoms with Crippen LogP contribution in [0.5, 0.6) is 0 Å². The molecule has 0 aromatic heterocycles. The molecule has 0 aromatic carbocycles. The largest absolute Gasteiger partial charge is 0.393 e. The van der Waals surface area contributed by atoms with E-state index < -0.39 is 0 Å². The van der Waals surface area contributed by atoms with E-state index in [0.29, 0.717) is 50.2 Å². The number of aliphatic hydroxyl groups is 3. The molecule has 12 aliphatic carbocycles. The Morgan fingerprint density at radius 2 is 0.761 bits per heavy atom. The van der Waals surface area contributed by atoms with E-state index >= 15 is 0 Å². The van der Waals surface area contributed by atoms with Crippen molar-refractivity contribution in [2.45, 2.75) is 316 Å². The Labute approximate surface area is 544 Å². The summed E-state index contributed by atoms with van der Waals surface area (Å²) in [6, 6.07) is 0. The maximum Gasteiger partial charge on any atom is 0.0577 e. The molecule has 9 fully saturated rings. The van der Waals surface area contributed by atoms with Crippen molar-refractivity contribution in [2.75, 3.05) is 0 Å². The maximum atomic E-state index is 10.2. The van der Waals surface area contributed by atoms with Crippen LogP contribution in [0.1, 0.15) is 298 Å². The second-order valence-corrected chi connectivity index (χ2v) is 37.3. The van der Waals surface area contributed by atoms with E-state index in [2.05, 4.69) is 167 Å². The number of fused-ring (bicyclic) bond motifs is 15. The number of aliphatic hydroxyl groups excluding tert-OH is 3. The highest BCUT2D eigenvalue weighted by molar-refractivity contribution is 5.29. The Hall–Kier alpha value is -1.42. The zero-order chi connectivity index (χ0) is 63.6. The third-order valence-electron chi connectivity index (χ3n) is 32.4. The summed E-state index contributed by atoms with van der Waals surface area (Å²) >= 11 is 0. The molecule has 3 nitrogen and oxygen atoms in total. The molecule has 27 atom stereocenters. The van der Waals surface area contributed by atoms with Crippen LogP contribution in [0.3, 0.4) is 0 Å². The predicted octanol–water partition coefficient (Wildman–Crippen LogP) is 22.8. The van der Waals surface area contributed by atoms with Crippen molar-refractivity contribution < 1.29 is 15.3 Å². The minimum atomic E-state index is -0.0870. The Bertz CT molecular complexity index is 2490. The van der Waals surface area contributed by atoms with Gasteiger partial charge in [0.15, 0.2) is 0 Å². The molecule has 0 heterocycles. The van der Waals surface area contributed by atoms with Crippen LogP contribution in [-0.4, -0.2) is 33.6 Å². The van der Waals surface area contributed by atoms with Crippen LogP contribution in [0.15, 0.2) is 59.3 Å². The first-order valence-corrected chi connectivity index (χ1v) is 39.0. The molecule has 27 unspecified atom stereocenters. The number of hydrogen-bond acceptors (Lipinski definition) is 3. The van der Waals surface area contributed by atoms with Crippen molar-refractivity contribution in [3.63, 3.8) is 0 Å². The van der Waals surface area contributed by atoms with Gasteiger partial charge in [0.2, 0.25) is 0 Å². The van der Waals surface area contributed by atoms with Crippen LogP contribution < -0.4 is 0 Å². The molecule has 0 radical (unpaired) electrons. The van der Waals surface area contributed by atoms with Crippen LogP contribution >= 0.6 is 0 Å². The van der Waals surface area contributed by atoms with Gasteiger partial charge in [-0.25, -0.2) is 0 Å². The molecule has 12 rings (SSSR count). The summed E-state index contributed by atoms with van der Waals surface area (Å²) in [6.07, 6.45) is 52.5. The second kappa shape index (κ2) is 27.4. The molecule has 0 aromatic rings. The van der Waals surface area contributed by atoms with Crippen LogP contribution in [-0.2, 0) is 0 Å². The number of hydrogen-bond donors (Lipinski definition) is 3. The molecular formula is C85H142O3. The molecule has 3 heteroatoms. The molecule has 88 heavy (non-hydrogen) atoms. The average Bonchev–Trinajstić information content (AvgIpc) is 1.24. The third kappa shape index (κ3) is 13.0. The van der Waals surface area contributed by atoms with E-state index in [-0.39, 0.29) is 18.3 Å². The summed E-state index contributed by atoms with van der Waals surface area (Å²) in [4.78, 5) is 0. The van der Waals surface area contributed by atoms with Crippen molar-refractivity contribution in [1.82, 2.24) is 0 Å². The van der Waals surface area contributed by atoms with E-state index in [1.807, 2.05) is 0 Å². The smallest absolute Gasteiger partial charge is 0.0577 e. The molecule has 3 N–H and O–H groups in total. The Morgan fingerprint density at radius 3 is 1.11 bits per heavy atom. The van der Waals surface area contributed by atoms with Crippen molar-refractivity contribution in [2.24, 2.45) is 157 Å². The Kier molecular flexibility index (Phi) is 21.6. The molecule has 0 spiro atoms. The van der Waals surface area contributed by atoms with E-state index in [9.17, 15) is 15.3 Å². The third-order valence-corrected chi connectivity index (χ3v) is 32.4. The van der Waals surface area contributed by atoms with Crippen molar-refractivity contribution in [3.8, 4) is 0 Å². The first kappa shape index (κ1) is 69.4. The summed E-state index contributed by atoms with van der Waals surface area (Å²) in [7, 11) is 0. The number of allylic oxidation sites excluding steroid dienone is 7. The highest BCUT2D eigenvalue weighted by Crippen LogP contribution is 2.71. The molecule has 0 bridgehead atoms. The topological polar surface area (TPSA) is 60.7 Å². The zero-order valence-electron chi connectivity index (χ0n) is 60.8. The number of rotatable bonds is 14. The van der Waals surface area contributed by atoms with Crippen molar-refractivity contribution in [1.29, 1.82) is 0 Å². The fourth-order valence-electron chi connectivity index (χ4n) is 25.8. The fourth-order valence-corrected chi connectivity index (χ4v) is 25.8. The minimum Gasteiger partial charge on any atom is -0.393 e. The molecule has 9 saturated carbocycles. The van der Waals surface area contributed by atoms with Gasteiger partial charge in [-0.3, -0.25) is 0 Å². The highest BCUT2D eigenvalue weighted by atomic mass is 16.3. The van der Waals surface area contributed by atoms with Crippen LogP contribution in [0, 0.1) is 157 Å². The van der Waals surface area contributed by atoms with E-state index in [1.54, 1.807) is 16.7 Å². The van der Waals surface area contributed by atoms with E-state index in [4.69, 9.17) is 0 Å². The molecular weight excluding hydrogens is 1070 g/mol. The van der Waals surface area contributed by atoms with Gasteiger partial charge in [0.25, 0.3) is 0 Å². The Morgan fingerprint density at radius 1 is 0.398 bits per heavy atom. The van der Waals surface area contributed by atoms with Crippen molar-refractivity contribution in [3.05, 3.63) is 59.3 Å². The lowest BCUT2D eigenvalue weighted by molar-refractivity contribution is -0.0574. The maximum absolute atomic E-state index is 10.2. The summed E-state index contributed by atoms with van der Waals surface area (Å²) < 4.78 is 0. The van der Waals surface area contributed by atoms with Crippen LogP contribution in [0.2, 0.25) is 0 Å².